The van der Waals surface area contributed by atoms with E-state index in [1.54, 1.807) is 6.08 Å². The molecule has 108 valence electrons. The molecule has 0 fully saturated rings. The van der Waals surface area contributed by atoms with E-state index in [0.717, 1.165) is 5.56 Å². The highest BCUT2D eigenvalue weighted by molar-refractivity contribution is 6.01. The number of rotatable bonds is 5. The molecule has 0 spiro atoms. The molecular weight excluding hydrogens is 276 g/mol. The molecule has 2 aromatic carbocycles. The van der Waals surface area contributed by atoms with Crippen molar-refractivity contribution in [3.63, 3.8) is 0 Å². The predicted octanol–water partition coefficient (Wildman–Crippen LogP) is 3.94. The van der Waals surface area contributed by atoms with Gasteiger partial charge in [-0.05, 0) is 35.9 Å². The summed E-state index contributed by atoms with van der Waals surface area (Å²) >= 11 is 0. The van der Waals surface area contributed by atoms with Gasteiger partial charge in [0.25, 0.3) is 0 Å². The molecule has 1 N–H and O–H groups in total. The van der Waals surface area contributed by atoms with Gasteiger partial charge in [-0.1, -0.05) is 30.3 Å². The standard InChI is InChI=1S/C16H13F2NO2/c17-16(18)21-14-9-7-13(8-10-14)19-15(20)11-6-12-4-2-1-3-5-12/h1-11,16H,(H,19,20). The molecule has 5 heteroatoms. The lowest BCUT2D eigenvalue weighted by atomic mass is 10.2. The zero-order valence-electron chi connectivity index (χ0n) is 11.0. The number of nitrogens with one attached hydrogen (secondary N) is 1. The van der Waals surface area contributed by atoms with Crippen LogP contribution in [0.25, 0.3) is 6.08 Å². The zero-order chi connectivity index (χ0) is 15.1. The fourth-order valence-electron chi connectivity index (χ4n) is 1.64. The van der Waals surface area contributed by atoms with Crippen LogP contribution in [0.4, 0.5) is 14.5 Å². The van der Waals surface area contributed by atoms with Crippen molar-refractivity contribution in [1.29, 1.82) is 0 Å². The summed E-state index contributed by atoms with van der Waals surface area (Å²) in [6.07, 6.45) is 3.09. The maximum Gasteiger partial charge on any atom is 0.387 e. The van der Waals surface area contributed by atoms with E-state index in [1.807, 2.05) is 30.3 Å². The molecule has 0 saturated heterocycles. The summed E-state index contributed by atoms with van der Waals surface area (Å²) in [5.74, 6) is -0.260. The molecule has 21 heavy (non-hydrogen) atoms. The third kappa shape index (κ3) is 5.06. The second-order valence-electron chi connectivity index (χ2n) is 4.14. The van der Waals surface area contributed by atoms with Crippen LogP contribution < -0.4 is 10.1 Å². The second kappa shape index (κ2) is 7.19. The molecule has 0 saturated carbocycles. The van der Waals surface area contributed by atoms with Crippen molar-refractivity contribution in [2.24, 2.45) is 0 Å². The van der Waals surface area contributed by atoms with Crippen molar-refractivity contribution in [3.8, 4) is 5.75 Å². The van der Waals surface area contributed by atoms with Gasteiger partial charge in [-0.15, -0.1) is 0 Å². The Hall–Kier alpha value is -2.69. The van der Waals surface area contributed by atoms with Crippen molar-refractivity contribution < 1.29 is 18.3 Å². The molecular formula is C16H13F2NO2. The minimum absolute atomic E-state index is 0.0443. The van der Waals surface area contributed by atoms with Crippen LogP contribution in [0.3, 0.4) is 0 Å². The summed E-state index contributed by atoms with van der Waals surface area (Å²) in [5.41, 5.74) is 1.41. The van der Waals surface area contributed by atoms with E-state index in [-0.39, 0.29) is 11.7 Å². The molecule has 0 aliphatic carbocycles. The van der Waals surface area contributed by atoms with Gasteiger partial charge in [-0.3, -0.25) is 4.79 Å². The number of hydrogen-bond acceptors (Lipinski definition) is 2. The van der Waals surface area contributed by atoms with Crippen molar-refractivity contribution in [2.45, 2.75) is 6.61 Å². The van der Waals surface area contributed by atoms with Crippen LogP contribution in [0.5, 0.6) is 5.75 Å². The van der Waals surface area contributed by atoms with Gasteiger partial charge in [0.15, 0.2) is 0 Å². The summed E-state index contributed by atoms with van der Waals surface area (Å²) in [5, 5.41) is 2.62. The van der Waals surface area contributed by atoms with Gasteiger partial charge in [-0.2, -0.15) is 8.78 Å². The highest BCUT2D eigenvalue weighted by Crippen LogP contribution is 2.17. The Balaban J connectivity index is 1.92. The van der Waals surface area contributed by atoms with Crippen LogP contribution >= 0.6 is 0 Å². The molecule has 0 aliphatic rings. The number of hydrogen-bond donors (Lipinski definition) is 1. The van der Waals surface area contributed by atoms with E-state index in [0.29, 0.717) is 5.69 Å². The number of carbonyl (C=O) groups is 1. The van der Waals surface area contributed by atoms with E-state index in [2.05, 4.69) is 10.1 Å². The first-order valence-electron chi connectivity index (χ1n) is 6.22. The van der Waals surface area contributed by atoms with Crippen LogP contribution in [-0.2, 0) is 4.79 Å². The van der Waals surface area contributed by atoms with Crippen molar-refractivity contribution in [2.75, 3.05) is 5.32 Å². The Kier molecular flexibility index (Phi) is 5.04. The van der Waals surface area contributed by atoms with Crippen molar-refractivity contribution >= 4 is 17.7 Å². The molecule has 0 radical (unpaired) electrons. The average molecular weight is 289 g/mol. The van der Waals surface area contributed by atoms with Gasteiger partial charge >= 0.3 is 6.61 Å². The second-order valence-corrected chi connectivity index (χ2v) is 4.14. The summed E-state index contributed by atoms with van der Waals surface area (Å²) in [6.45, 7) is -2.86. The van der Waals surface area contributed by atoms with E-state index in [4.69, 9.17) is 0 Å². The molecule has 0 aliphatic heterocycles. The van der Waals surface area contributed by atoms with Gasteiger partial charge in [0.05, 0.1) is 0 Å². The fraction of sp³-hybridized carbons (Fsp3) is 0.0625. The van der Waals surface area contributed by atoms with Crippen molar-refractivity contribution in [3.05, 3.63) is 66.2 Å². The average Bonchev–Trinajstić information content (AvgIpc) is 2.48. The lowest BCUT2D eigenvalue weighted by Gasteiger charge is -2.06. The molecule has 0 bridgehead atoms. The molecule has 1 amide bonds. The monoisotopic (exact) mass is 289 g/mol. The van der Waals surface area contributed by atoms with Gasteiger partial charge in [0.2, 0.25) is 5.91 Å². The van der Waals surface area contributed by atoms with E-state index < -0.39 is 6.61 Å². The normalized spacial score (nSPS) is 10.8. The highest BCUT2D eigenvalue weighted by atomic mass is 19.3. The molecule has 0 unspecified atom stereocenters. The van der Waals surface area contributed by atoms with Crippen LogP contribution in [-0.4, -0.2) is 12.5 Å². The Labute approximate surface area is 120 Å². The maximum absolute atomic E-state index is 12.0. The molecule has 0 aromatic heterocycles. The number of anilines is 1. The predicted molar refractivity (Wildman–Crippen MR) is 77.2 cm³/mol. The minimum atomic E-state index is -2.86. The first-order chi connectivity index (χ1) is 10.1. The highest BCUT2D eigenvalue weighted by Gasteiger charge is 2.04. The topological polar surface area (TPSA) is 38.3 Å². The lowest BCUT2D eigenvalue weighted by molar-refractivity contribution is -0.111. The Morgan fingerprint density at radius 2 is 1.71 bits per heavy atom. The lowest BCUT2D eigenvalue weighted by Crippen LogP contribution is -2.08. The van der Waals surface area contributed by atoms with Gasteiger partial charge in [0, 0.05) is 11.8 Å². The zero-order valence-corrected chi connectivity index (χ0v) is 11.0. The number of alkyl halides is 2. The summed E-state index contributed by atoms with van der Waals surface area (Å²) in [7, 11) is 0. The van der Waals surface area contributed by atoms with Crippen molar-refractivity contribution in [1.82, 2.24) is 0 Å². The van der Waals surface area contributed by atoms with Gasteiger partial charge in [-0.25, -0.2) is 0 Å². The summed E-state index contributed by atoms with van der Waals surface area (Å²) in [4.78, 5) is 11.7. The largest absolute Gasteiger partial charge is 0.435 e. The number of ether oxygens (including phenoxy) is 1. The van der Waals surface area contributed by atoms with Crippen LogP contribution in [0, 0.1) is 0 Å². The minimum Gasteiger partial charge on any atom is -0.435 e. The van der Waals surface area contributed by atoms with E-state index in [1.165, 1.54) is 30.3 Å². The number of carbonyl (C=O) groups excluding carboxylic acids is 1. The number of benzene rings is 2. The molecule has 0 atom stereocenters. The molecule has 2 rings (SSSR count). The quantitative estimate of drug-likeness (QED) is 0.847. The van der Waals surface area contributed by atoms with Gasteiger partial charge in [0.1, 0.15) is 5.75 Å². The van der Waals surface area contributed by atoms with Gasteiger partial charge < -0.3 is 10.1 Å². The van der Waals surface area contributed by atoms with Crippen LogP contribution in [0.2, 0.25) is 0 Å². The summed E-state index contributed by atoms with van der Waals surface area (Å²) < 4.78 is 28.2. The third-order valence-electron chi connectivity index (χ3n) is 2.57. The third-order valence-corrected chi connectivity index (χ3v) is 2.57. The fourth-order valence-corrected chi connectivity index (χ4v) is 1.64. The maximum atomic E-state index is 12.0. The Morgan fingerprint density at radius 3 is 2.33 bits per heavy atom. The SMILES string of the molecule is O=C(C=Cc1ccccc1)Nc1ccc(OC(F)F)cc1. The van der Waals surface area contributed by atoms with Crippen LogP contribution in [0.1, 0.15) is 5.56 Å². The Morgan fingerprint density at radius 1 is 1.05 bits per heavy atom. The van der Waals surface area contributed by atoms with E-state index >= 15 is 0 Å². The summed E-state index contributed by atoms with van der Waals surface area (Å²) in [6, 6.07) is 15.1. The number of amides is 1. The van der Waals surface area contributed by atoms with Crippen LogP contribution in [0.15, 0.2) is 60.7 Å². The first kappa shape index (κ1) is 14.7. The Bertz CT molecular complexity index is 610. The molecule has 3 nitrogen and oxygen atoms in total. The first-order valence-corrected chi connectivity index (χ1v) is 6.22. The smallest absolute Gasteiger partial charge is 0.387 e. The number of halogens is 2. The molecule has 0 heterocycles. The van der Waals surface area contributed by atoms with E-state index in [9.17, 15) is 13.6 Å². The molecule has 2 aromatic rings.